The summed E-state index contributed by atoms with van der Waals surface area (Å²) in [6.07, 6.45) is -0.566. The third-order valence-corrected chi connectivity index (χ3v) is 24.8. The molecule has 2 heterocycles. The number of alkyl halides is 2. The van der Waals surface area contributed by atoms with Crippen LogP contribution in [0.25, 0.3) is 0 Å². The van der Waals surface area contributed by atoms with Crippen molar-refractivity contribution in [1.82, 2.24) is 0 Å². The van der Waals surface area contributed by atoms with Crippen molar-refractivity contribution in [2.45, 2.75) is 118 Å². The predicted octanol–water partition coefficient (Wildman–Crippen LogP) is 9.29. The summed E-state index contributed by atoms with van der Waals surface area (Å²) in [7, 11) is -15.5. The molecule has 6 fully saturated rings. The normalized spacial score (nSPS) is 23.7. The first kappa shape index (κ1) is 80.0. The second-order valence-electron chi connectivity index (χ2n) is 22.5. The van der Waals surface area contributed by atoms with Crippen molar-refractivity contribution in [1.29, 1.82) is 0 Å². The topological polar surface area (TPSA) is 274 Å². The number of halogens is 4. The van der Waals surface area contributed by atoms with Crippen LogP contribution in [0.4, 0.5) is 27.2 Å². The van der Waals surface area contributed by atoms with Crippen LogP contribution in [-0.2, 0) is 89.3 Å². The summed E-state index contributed by atoms with van der Waals surface area (Å²) < 4.78 is 176. The average molecular weight is 1470 g/mol. The van der Waals surface area contributed by atoms with E-state index < -0.39 is 94.3 Å². The van der Waals surface area contributed by atoms with Gasteiger partial charge in [-0.3, -0.25) is 8.37 Å². The van der Waals surface area contributed by atoms with Crippen LogP contribution in [0.3, 0.4) is 0 Å². The Morgan fingerprint density at radius 2 is 0.825 bits per heavy atom. The molecule has 520 valence electrons. The predicted molar refractivity (Wildman–Crippen MR) is 353 cm³/mol. The summed E-state index contributed by atoms with van der Waals surface area (Å²) in [6, 6.07) is 48.1. The maximum absolute atomic E-state index is 12.2. The minimum Gasteiger partial charge on any atom is -0.746 e. The zero-order valence-electron chi connectivity index (χ0n) is 53.7. The molecule has 2 saturated heterocycles. The molecule has 4 aliphatic carbocycles. The van der Waals surface area contributed by atoms with Crippen LogP contribution in [0.1, 0.15) is 47.9 Å². The van der Waals surface area contributed by atoms with Crippen LogP contribution in [0.15, 0.2) is 201 Å². The van der Waals surface area contributed by atoms with Crippen molar-refractivity contribution in [3.8, 4) is 11.5 Å². The summed E-state index contributed by atoms with van der Waals surface area (Å²) >= 11 is 0. The van der Waals surface area contributed by atoms with Crippen LogP contribution < -0.4 is 39.0 Å². The molecule has 19 nitrogen and oxygen atoms in total. The van der Waals surface area contributed by atoms with Gasteiger partial charge < -0.3 is 37.5 Å². The summed E-state index contributed by atoms with van der Waals surface area (Å²) in [4.78, 5) is 28.4. The van der Waals surface area contributed by atoms with Gasteiger partial charge in [0.2, 0.25) is 0 Å². The number of ether oxygens (including phenoxy) is 6. The van der Waals surface area contributed by atoms with E-state index in [2.05, 4.69) is 202 Å². The molecule has 11 atom stereocenters. The zero-order valence-corrected chi connectivity index (χ0v) is 60.6. The van der Waals surface area contributed by atoms with Crippen LogP contribution in [-0.4, -0.2) is 130 Å². The van der Waals surface area contributed by atoms with Gasteiger partial charge in [-0.05, 0) is 130 Å². The molecule has 0 aromatic heterocycles. The first-order chi connectivity index (χ1) is 45.5. The van der Waals surface area contributed by atoms with Gasteiger partial charge in [0, 0.05) is 47.9 Å². The van der Waals surface area contributed by atoms with Crippen LogP contribution >= 0.6 is 0 Å². The molecule has 97 heavy (non-hydrogen) atoms. The molecular weight excluding hydrogens is 1400 g/mol. The molecule has 0 N–H and O–H groups in total. The van der Waals surface area contributed by atoms with Gasteiger partial charge in [-0.15, -0.1) is 8.78 Å². The van der Waals surface area contributed by atoms with Gasteiger partial charge in [0.1, 0.15) is 82.6 Å². The third kappa shape index (κ3) is 22.0. The Balaban J connectivity index is 0.000000197. The smallest absolute Gasteiger partial charge is 0.746 e. The molecule has 2 aliphatic heterocycles. The molecule has 0 radical (unpaired) electrons. The molecule has 6 aliphatic rings. The quantitative estimate of drug-likeness (QED) is 0.00792. The fourth-order valence-corrected chi connectivity index (χ4v) is 21.0. The van der Waals surface area contributed by atoms with Gasteiger partial charge >= 0.3 is 42.0 Å². The largest absolute Gasteiger partial charge is 1.00 e. The Morgan fingerprint density at radius 3 is 1.12 bits per heavy atom. The molecule has 0 amide bonds. The monoisotopic (exact) mass is 1470 g/mol. The van der Waals surface area contributed by atoms with Gasteiger partial charge in [0.05, 0.1) is 54.6 Å². The third-order valence-electron chi connectivity index (χ3n) is 16.1. The fraction of sp³-hybridized carbons (Fsp3) is 0.358. The van der Waals surface area contributed by atoms with Crippen LogP contribution in [0.2, 0.25) is 0 Å². The van der Waals surface area contributed by atoms with Crippen molar-refractivity contribution in [2.75, 3.05) is 38.4 Å². The Kier molecular flexibility index (Phi) is 30.1. The van der Waals surface area contributed by atoms with E-state index in [-0.39, 0.29) is 80.3 Å². The van der Waals surface area contributed by atoms with Crippen LogP contribution in [0.5, 0.6) is 11.5 Å². The minimum absolute atomic E-state index is 0. The minimum atomic E-state index is -4.58. The summed E-state index contributed by atoms with van der Waals surface area (Å²) in [5.41, 5.74) is 4.59. The number of rotatable bonds is 20. The molecule has 11 unspecified atom stereocenters. The van der Waals surface area contributed by atoms with Crippen molar-refractivity contribution in [3.63, 3.8) is 0 Å². The van der Waals surface area contributed by atoms with E-state index in [0.29, 0.717) is 45.7 Å². The maximum Gasteiger partial charge on any atom is 1.00 e. The SMILES string of the molecule is C=COCCOc1c(C)cc([S+](c2ccccc2)c2ccccc2)cc1C.C=COCCOc1c(C)cc([S+](c2ccccc2)c2ccccc2)cc1C.C=S1(=O)OC2C3CC(CC31)C2OC(=O)F.O=C(F)OC1C2CC3C1OS(=O)(=O)C3C2.O=S(=O)([O-])CF.O=S(=O)([O-])CF.[Na+]. The number of hydrogen-bond acceptors (Lipinski definition) is 19. The molecule has 4 bridgehead atoms. The number of hydrogen-bond donors (Lipinski definition) is 0. The first-order valence-corrected chi connectivity index (χ1v) is 38.6. The standard InChI is InChI=1S/2C24H25O2S.C9H11FO4S.C8H9FO5S.2CH3FO3S.Na/c2*1-4-25-15-16-26-24-19(2)17-23(18-20(24)3)27(21-11-7-5-8-12-21)22-13-9-6-10-14-22;1-15(12)6-3-4-2-5(6)8(14-15)7(4)13-9(10)11;9-8(10)13-6-3-1-4-5(2-3)15(11,12)14-7(4)6;2*2-1-6(3,4)5;/h2*4-14,17-18H,1,15-16H2,2-3H3;4-8H,1-3H2;3-7H,1-2H2;2*1H2,(H,3,4,5);/q2*+1;;;;;+1/p-2. The summed E-state index contributed by atoms with van der Waals surface area (Å²) in [6.45, 7) is 17.6. The van der Waals surface area contributed by atoms with Gasteiger partial charge in [-0.1, -0.05) is 86.0 Å². The van der Waals surface area contributed by atoms with E-state index in [9.17, 15) is 39.8 Å². The van der Waals surface area contributed by atoms with E-state index in [0.717, 1.165) is 40.2 Å². The van der Waals surface area contributed by atoms with E-state index in [1.165, 1.54) is 41.9 Å². The Labute approximate surface area is 592 Å². The Morgan fingerprint density at radius 1 is 0.526 bits per heavy atom. The number of carbonyl (C=O) groups excluding carboxylic acids is 2. The van der Waals surface area contributed by atoms with Gasteiger partial charge in [0.15, 0.2) is 41.4 Å². The molecule has 12 rings (SSSR count). The van der Waals surface area contributed by atoms with E-state index >= 15 is 0 Å². The van der Waals surface area contributed by atoms with Gasteiger partial charge in [-0.25, -0.2) is 39.4 Å². The summed E-state index contributed by atoms with van der Waals surface area (Å²) in [5, 5.41) is -0.496. The second kappa shape index (κ2) is 36.4. The zero-order chi connectivity index (χ0) is 70.1. The molecule has 0 spiro atoms. The maximum atomic E-state index is 12.2. The Hall–Kier alpha value is -5.93. The van der Waals surface area contributed by atoms with Crippen molar-refractivity contribution in [2.24, 2.45) is 23.7 Å². The molecule has 6 aromatic carbocycles. The van der Waals surface area contributed by atoms with E-state index in [1.807, 2.05) is 0 Å². The van der Waals surface area contributed by atoms with Crippen molar-refractivity contribution in [3.05, 3.63) is 194 Å². The molecular formula is C67H74F4NaO19S6+. The van der Waals surface area contributed by atoms with Crippen molar-refractivity contribution < 1.29 is 132 Å². The summed E-state index contributed by atoms with van der Waals surface area (Å²) in [5.74, 6) is 5.49. The fourth-order valence-electron chi connectivity index (χ4n) is 12.5. The van der Waals surface area contributed by atoms with E-state index in [4.69, 9.17) is 53.3 Å². The first-order valence-electron chi connectivity index (χ1n) is 29.8. The second-order valence-corrected chi connectivity index (χ2v) is 33.2. The molecule has 4 saturated carbocycles. The number of benzene rings is 6. The Bertz CT molecular complexity index is 3690. The van der Waals surface area contributed by atoms with Crippen LogP contribution in [0, 0.1) is 51.4 Å². The van der Waals surface area contributed by atoms with E-state index in [1.54, 1.807) is 0 Å². The van der Waals surface area contributed by atoms with Crippen molar-refractivity contribution >= 4 is 80.3 Å². The number of fused-ring (bicyclic) bond motifs is 2. The van der Waals surface area contributed by atoms with Gasteiger partial charge in [0.25, 0.3) is 10.1 Å². The van der Waals surface area contributed by atoms with Gasteiger partial charge in [-0.2, -0.15) is 8.42 Å². The number of aryl methyl sites for hydroxylation is 4. The number of carbonyl (C=O) groups is 2. The molecule has 6 aromatic rings. The average Bonchev–Trinajstić information content (AvgIpc) is 1.57. The molecule has 30 heteroatoms.